The zero-order valence-electron chi connectivity index (χ0n) is 13.5. The summed E-state index contributed by atoms with van der Waals surface area (Å²) in [6.45, 7) is 3.96. The van der Waals surface area contributed by atoms with E-state index in [1.165, 1.54) is 0 Å². The molecule has 0 unspecified atom stereocenters. The number of thiocarbonyl (C=S) groups is 1. The molecule has 0 saturated carbocycles. The minimum atomic E-state index is 0.502. The highest BCUT2D eigenvalue weighted by atomic mass is 32.1. The highest BCUT2D eigenvalue weighted by molar-refractivity contribution is 7.80. The summed E-state index contributed by atoms with van der Waals surface area (Å²) in [5.74, 6) is 0.812. The summed E-state index contributed by atoms with van der Waals surface area (Å²) in [5, 5.41) is 0. The van der Waals surface area contributed by atoms with Gasteiger partial charge in [-0.1, -0.05) is 12.2 Å². The van der Waals surface area contributed by atoms with Crippen LogP contribution in [0.25, 0.3) is 0 Å². The molecule has 0 spiro atoms. The molecular formula is C15H24N4OS. The van der Waals surface area contributed by atoms with Gasteiger partial charge in [-0.2, -0.15) is 0 Å². The lowest BCUT2D eigenvalue weighted by Crippen LogP contribution is -2.22. The molecule has 21 heavy (non-hydrogen) atoms. The molecule has 0 aliphatic carbocycles. The number of hydrogen-bond acceptors (Lipinski definition) is 5. The summed E-state index contributed by atoms with van der Waals surface area (Å²) < 4.78 is 5.70. The van der Waals surface area contributed by atoms with Gasteiger partial charge >= 0.3 is 0 Å². The van der Waals surface area contributed by atoms with Gasteiger partial charge in [0.15, 0.2) is 0 Å². The fourth-order valence-electron chi connectivity index (χ4n) is 1.45. The molecule has 0 radical (unpaired) electrons. The van der Waals surface area contributed by atoms with Gasteiger partial charge in [0.05, 0.1) is 22.9 Å². The molecule has 0 fully saturated rings. The Kier molecular flexibility index (Phi) is 7.25. The number of aliphatic imine (C=N–C) groups is 1. The Morgan fingerprint density at radius 1 is 1.33 bits per heavy atom. The monoisotopic (exact) mass is 308 g/mol. The third-order valence-electron chi connectivity index (χ3n) is 2.86. The standard InChI is InChI=1S/C15H24N4OS/c1-12(17-11-15(21)19(4)5)14-10-13(6-7-16-14)20-9-8-18(2)3/h6-7,10H,8-9,11H2,1-5H3. The van der Waals surface area contributed by atoms with Crippen molar-refractivity contribution in [2.75, 3.05) is 47.9 Å². The molecule has 0 aromatic carbocycles. The van der Waals surface area contributed by atoms with E-state index in [4.69, 9.17) is 17.0 Å². The Balaban J connectivity index is 2.66. The van der Waals surface area contributed by atoms with Gasteiger partial charge in [0.2, 0.25) is 0 Å². The summed E-state index contributed by atoms with van der Waals surface area (Å²) in [4.78, 5) is 13.6. The zero-order chi connectivity index (χ0) is 15.8. The smallest absolute Gasteiger partial charge is 0.123 e. The van der Waals surface area contributed by atoms with Gasteiger partial charge in [0.1, 0.15) is 12.4 Å². The predicted molar refractivity (Wildman–Crippen MR) is 91.6 cm³/mol. The maximum atomic E-state index is 5.70. The van der Waals surface area contributed by atoms with Crippen LogP contribution in [0.3, 0.4) is 0 Å². The molecule has 1 heterocycles. The Hall–Kier alpha value is -1.53. The second kappa shape index (κ2) is 8.69. The van der Waals surface area contributed by atoms with Crippen LogP contribution >= 0.6 is 12.2 Å². The maximum Gasteiger partial charge on any atom is 0.123 e. The van der Waals surface area contributed by atoms with Gasteiger partial charge in [0.25, 0.3) is 0 Å². The van der Waals surface area contributed by atoms with Crippen LogP contribution in [0.1, 0.15) is 12.6 Å². The topological polar surface area (TPSA) is 41.0 Å². The molecule has 1 aromatic heterocycles. The van der Waals surface area contributed by atoms with E-state index in [0.29, 0.717) is 13.2 Å². The van der Waals surface area contributed by atoms with Crippen LogP contribution < -0.4 is 4.74 Å². The van der Waals surface area contributed by atoms with Crippen LogP contribution in [0.5, 0.6) is 5.75 Å². The molecule has 0 aliphatic rings. The quantitative estimate of drug-likeness (QED) is 0.567. The molecule has 1 rings (SSSR count). The lowest BCUT2D eigenvalue weighted by atomic mass is 10.2. The first-order valence-corrected chi connectivity index (χ1v) is 7.26. The van der Waals surface area contributed by atoms with Crippen molar-refractivity contribution in [2.24, 2.45) is 4.99 Å². The molecule has 0 aliphatic heterocycles. The van der Waals surface area contributed by atoms with Crippen LogP contribution in [0.4, 0.5) is 0 Å². The van der Waals surface area contributed by atoms with Crippen molar-refractivity contribution in [1.82, 2.24) is 14.8 Å². The number of hydrogen-bond donors (Lipinski definition) is 0. The highest BCUT2D eigenvalue weighted by Gasteiger charge is 2.04. The summed E-state index contributed by atoms with van der Waals surface area (Å²) in [7, 11) is 7.88. The molecule has 0 bridgehead atoms. The lowest BCUT2D eigenvalue weighted by Gasteiger charge is -2.12. The van der Waals surface area contributed by atoms with E-state index < -0.39 is 0 Å². The van der Waals surface area contributed by atoms with Crippen LogP contribution in [0, 0.1) is 0 Å². The predicted octanol–water partition coefficient (Wildman–Crippen LogP) is 1.72. The summed E-state index contributed by atoms with van der Waals surface area (Å²) in [5.41, 5.74) is 1.68. The molecule has 5 nitrogen and oxygen atoms in total. The van der Waals surface area contributed by atoms with E-state index in [9.17, 15) is 0 Å². The van der Waals surface area contributed by atoms with E-state index in [-0.39, 0.29) is 0 Å². The normalized spacial score (nSPS) is 11.6. The molecule has 116 valence electrons. The van der Waals surface area contributed by atoms with E-state index in [0.717, 1.165) is 28.7 Å². The third-order valence-corrected chi connectivity index (χ3v) is 3.35. The summed E-state index contributed by atoms with van der Waals surface area (Å²) >= 11 is 5.22. The van der Waals surface area contributed by atoms with E-state index in [2.05, 4.69) is 14.9 Å². The molecule has 0 atom stereocenters. The first kappa shape index (κ1) is 17.5. The molecule has 1 aromatic rings. The zero-order valence-corrected chi connectivity index (χ0v) is 14.3. The minimum absolute atomic E-state index is 0.502. The van der Waals surface area contributed by atoms with Crippen molar-refractivity contribution in [3.05, 3.63) is 24.0 Å². The number of pyridine rings is 1. The van der Waals surface area contributed by atoms with E-state index in [1.54, 1.807) is 6.20 Å². The van der Waals surface area contributed by atoms with Gasteiger partial charge in [-0.15, -0.1) is 0 Å². The first-order chi connectivity index (χ1) is 9.90. The number of nitrogens with zero attached hydrogens (tertiary/aromatic N) is 4. The van der Waals surface area contributed by atoms with Crippen molar-refractivity contribution >= 4 is 22.9 Å². The van der Waals surface area contributed by atoms with Gasteiger partial charge < -0.3 is 14.5 Å². The largest absolute Gasteiger partial charge is 0.492 e. The van der Waals surface area contributed by atoms with Gasteiger partial charge in [0, 0.05) is 32.9 Å². The van der Waals surface area contributed by atoms with E-state index >= 15 is 0 Å². The fraction of sp³-hybridized carbons (Fsp3) is 0.533. The van der Waals surface area contributed by atoms with Crippen LogP contribution in [0.2, 0.25) is 0 Å². The SMILES string of the molecule is CC(=NCC(=S)N(C)C)c1cc(OCCN(C)C)ccn1. The third kappa shape index (κ3) is 6.64. The van der Waals surface area contributed by atoms with Crippen molar-refractivity contribution in [3.8, 4) is 5.75 Å². The Morgan fingerprint density at radius 3 is 2.67 bits per heavy atom. The summed E-state index contributed by atoms with van der Waals surface area (Å²) in [6, 6.07) is 3.77. The van der Waals surface area contributed by atoms with Crippen LogP contribution in [-0.4, -0.2) is 73.4 Å². The Morgan fingerprint density at radius 2 is 2.05 bits per heavy atom. The second-order valence-electron chi connectivity index (χ2n) is 5.22. The molecular weight excluding hydrogens is 284 g/mol. The first-order valence-electron chi connectivity index (χ1n) is 6.85. The lowest BCUT2D eigenvalue weighted by molar-refractivity contribution is 0.261. The van der Waals surface area contributed by atoms with Crippen molar-refractivity contribution < 1.29 is 4.74 Å². The van der Waals surface area contributed by atoms with Crippen LogP contribution in [-0.2, 0) is 0 Å². The second-order valence-corrected chi connectivity index (χ2v) is 5.69. The van der Waals surface area contributed by atoms with Crippen molar-refractivity contribution in [3.63, 3.8) is 0 Å². The molecule has 0 amide bonds. The Bertz CT molecular complexity index is 500. The van der Waals surface area contributed by atoms with Gasteiger partial charge in [-0.3, -0.25) is 9.98 Å². The highest BCUT2D eigenvalue weighted by Crippen LogP contribution is 2.11. The average Bonchev–Trinajstić information content (AvgIpc) is 2.44. The number of aromatic nitrogens is 1. The Labute approximate surface area is 132 Å². The van der Waals surface area contributed by atoms with Crippen molar-refractivity contribution in [1.29, 1.82) is 0 Å². The van der Waals surface area contributed by atoms with Crippen LogP contribution in [0.15, 0.2) is 23.3 Å². The number of likely N-dealkylation sites (N-methyl/N-ethyl adjacent to an activating group) is 2. The van der Waals surface area contributed by atoms with Crippen molar-refractivity contribution in [2.45, 2.75) is 6.92 Å². The number of ether oxygens (including phenoxy) is 1. The maximum absolute atomic E-state index is 5.70. The average molecular weight is 308 g/mol. The molecule has 0 saturated heterocycles. The van der Waals surface area contributed by atoms with Gasteiger partial charge in [-0.25, -0.2) is 0 Å². The fourth-order valence-corrected chi connectivity index (χ4v) is 1.52. The molecule has 0 N–H and O–H groups in total. The minimum Gasteiger partial charge on any atom is -0.492 e. The summed E-state index contributed by atoms with van der Waals surface area (Å²) in [6.07, 6.45) is 1.74. The molecule has 6 heteroatoms. The van der Waals surface area contributed by atoms with Gasteiger partial charge in [-0.05, 0) is 27.1 Å². The number of rotatable bonds is 7. The van der Waals surface area contributed by atoms with E-state index in [1.807, 2.05) is 52.1 Å².